The number of carbonyl (C=O) groups is 4. The first-order valence-electron chi connectivity index (χ1n) is 20.9. The minimum absolute atomic E-state index is 0.0783. The van der Waals surface area contributed by atoms with Crippen molar-refractivity contribution in [1.82, 2.24) is 40.4 Å². The minimum Gasteiger partial charge on any atom is -0.453 e. The Kier molecular flexibility index (Phi) is 10.3. The normalized spacial score (nSPS) is 29.6. The van der Waals surface area contributed by atoms with E-state index >= 15 is 0 Å². The van der Waals surface area contributed by atoms with Crippen LogP contribution in [0.5, 0.6) is 0 Å². The molecule has 57 heavy (non-hydrogen) atoms. The molecule has 3 saturated carbocycles. The molecule has 1 aromatic carbocycles. The predicted molar refractivity (Wildman–Crippen MR) is 212 cm³/mol. The van der Waals surface area contributed by atoms with Gasteiger partial charge < -0.3 is 39.9 Å². The Morgan fingerprint density at radius 1 is 0.842 bits per heavy atom. The second-order valence-electron chi connectivity index (χ2n) is 17.7. The number of carbonyl (C=O) groups excluding carboxylic acids is 4. The van der Waals surface area contributed by atoms with Crippen LogP contribution < -0.4 is 10.6 Å². The standard InChI is InChI=1S/C43H58N8O6/c1-24(2)35(49-41(55)57-6)37(52)50-18-7-8-33(50)36-44-22-31(46-36)28-13-9-26(10-14-28)27-11-15-29(16-12-27)32-23-45-38(47-32)43-20-30(43)17-19-51(43)39(53)42(25(3)4)21-34(42)48-40(54)56-5/h11-12,15-16,22-26,28,30,33-35H,7-10,13-14,17-21H2,1-6H3,(H,44,46)(H,45,47)(H,48,54)(H,49,55)/t26?,28?,30?,33-,34?,35?,42?,43?/m0/s1. The van der Waals surface area contributed by atoms with Gasteiger partial charge in [0.15, 0.2) is 0 Å². The Hall–Kier alpha value is -4.88. The molecule has 4 N–H and O–H groups in total. The summed E-state index contributed by atoms with van der Waals surface area (Å²) in [6, 6.07) is 7.84. The van der Waals surface area contributed by atoms with E-state index in [-0.39, 0.29) is 35.7 Å². The Balaban J connectivity index is 0.880. The second-order valence-corrected chi connectivity index (χ2v) is 17.7. The van der Waals surface area contributed by atoms with E-state index in [0.29, 0.717) is 37.3 Å². The van der Waals surface area contributed by atoms with Crippen molar-refractivity contribution in [3.63, 3.8) is 0 Å². The van der Waals surface area contributed by atoms with E-state index in [4.69, 9.17) is 19.4 Å². The maximum atomic E-state index is 14.3. The third-order valence-electron chi connectivity index (χ3n) is 14.1. The van der Waals surface area contributed by atoms with Crippen LogP contribution in [0, 0.1) is 23.2 Å². The number of fused-ring (bicyclic) bond motifs is 1. The zero-order chi connectivity index (χ0) is 40.2. The first-order valence-corrected chi connectivity index (χ1v) is 20.9. The van der Waals surface area contributed by atoms with Crippen LogP contribution in [0.2, 0.25) is 0 Å². The van der Waals surface area contributed by atoms with E-state index in [2.05, 4.69) is 63.6 Å². The van der Waals surface area contributed by atoms with Crippen LogP contribution in [-0.2, 0) is 24.6 Å². The van der Waals surface area contributed by atoms with Crippen LogP contribution in [0.25, 0.3) is 11.3 Å². The van der Waals surface area contributed by atoms with Crippen LogP contribution in [0.4, 0.5) is 9.59 Å². The van der Waals surface area contributed by atoms with Crippen molar-refractivity contribution < 1.29 is 28.7 Å². The molecule has 5 unspecified atom stereocenters. The van der Waals surface area contributed by atoms with E-state index in [0.717, 1.165) is 80.0 Å². The first-order chi connectivity index (χ1) is 27.4. The molecule has 0 spiro atoms. The molecule has 0 radical (unpaired) electrons. The highest BCUT2D eigenvalue weighted by molar-refractivity contribution is 5.90. The number of H-pyrrole nitrogens is 2. The fraction of sp³-hybridized carbons (Fsp3) is 0.628. The molecule has 3 aromatic rings. The molecule has 4 heterocycles. The van der Waals surface area contributed by atoms with Gasteiger partial charge in [0.1, 0.15) is 23.2 Å². The summed E-state index contributed by atoms with van der Waals surface area (Å²) in [5.74, 6) is 2.95. The number of rotatable bonds is 11. The lowest BCUT2D eigenvalue weighted by Gasteiger charge is -2.33. The SMILES string of the molecule is COC(=O)NC(C(=O)N1CCC[C@H]1c1ncc(C2CCC(c3ccc(-c4cnc(C56CC5CCN6C(=O)C5(C(C)C)CC5NC(=O)OC)[nH]4)cc3)CC2)[nH]1)C(C)C. The van der Waals surface area contributed by atoms with Gasteiger partial charge in [-0.15, -0.1) is 0 Å². The van der Waals surface area contributed by atoms with Crippen molar-refractivity contribution in [2.24, 2.45) is 23.2 Å². The molecule has 5 aliphatic rings. The number of aromatic amines is 2. The molecule has 2 aromatic heterocycles. The number of nitrogens with one attached hydrogen (secondary N) is 4. The van der Waals surface area contributed by atoms with Gasteiger partial charge in [0.05, 0.1) is 37.6 Å². The van der Waals surface area contributed by atoms with Crippen molar-refractivity contribution in [2.45, 2.75) is 121 Å². The Morgan fingerprint density at radius 3 is 2.23 bits per heavy atom. The average Bonchev–Trinajstić information content (AvgIpc) is 3.66. The van der Waals surface area contributed by atoms with Crippen molar-refractivity contribution in [2.75, 3.05) is 27.3 Å². The number of hydrogen-bond acceptors (Lipinski definition) is 8. The fourth-order valence-corrected chi connectivity index (χ4v) is 10.5. The summed E-state index contributed by atoms with van der Waals surface area (Å²) >= 11 is 0. The molecular weight excluding hydrogens is 725 g/mol. The molecule has 2 aliphatic heterocycles. The van der Waals surface area contributed by atoms with Crippen molar-refractivity contribution >= 4 is 24.0 Å². The maximum absolute atomic E-state index is 14.3. The van der Waals surface area contributed by atoms with Crippen LogP contribution >= 0.6 is 0 Å². The Bertz CT molecular complexity index is 1980. The number of ether oxygens (including phenoxy) is 2. The number of amides is 4. The molecule has 14 nitrogen and oxygen atoms in total. The summed E-state index contributed by atoms with van der Waals surface area (Å²) in [4.78, 5) is 72.6. The number of benzene rings is 1. The van der Waals surface area contributed by atoms with Gasteiger partial charge in [0, 0.05) is 36.9 Å². The largest absolute Gasteiger partial charge is 0.453 e. The molecule has 6 atom stereocenters. The van der Waals surface area contributed by atoms with E-state index in [1.807, 2.05) is 31.1 Å². The molecule has 4 amide bonds. The molecule has 14 heteroatoms. The van der Waals surface area contributed by atoms with Gasteiger partial charge in [0.25, 0.3) is 0 Å². The summed E-state index contributed by atoms with van der Waals surface area (Å²) in [6.07, 6.45) is 11.2. The summed E-state index contributed by atoms with van der Waals surface area (Å²) in [5, 5.41) is 5.61. The molecule has 5 fully saturated rings. The highest BCUT2D eigenvalue weighted by Crippen LogP contribution is 2.65. The van der Waals surface area contributed by atoms with Gasteiger partial charge in [-0.1, -0.05) is 52.0 Å². The third kappa shape index (κ3) is 6.86. The summed E-state index contributed by atoms with van der Waals surface area (Å²) in [6.45, 7) is 9.31. The van der Waals surface area contributed by atoms with Crippen LogP contribution in [-0.4, -0.2) is 93.1 Å². The lowest BCUT2D eigenvalue weighted by atomic mass is 9.77. The van der Waals surface area contributed by atoms with Crippen LogP contribution in [0.3, 0.4) is 0 Å². The molecule has 0 bridgehead atoms. The maximum Gasteiger partial charge on any atom is 0.407 e. The number of hydrogen-bond donors (Lipinski definition) is 4. The molecule has 8 rings (SSSR count). The molecule has 3 aliphatic carbocycles. The van der Waals surface area contributed by atoms with E-state index in [1.165, 1.54) is 19.8 Å². The topological polar surface area (TPSA) is 175 Å². The van der Waals surface area contributed by atoms with Crippen LogP contribution in [0.15, 0.2) is 36.7 Å². The summed E-state index contributed by atoms with van der Waals surface area (Å²) in [7, 11) is 2.66. The molecular formula is C43H58N8O6. The van der Waals surface area contributed by atoms with Gasteiger partial charge in [-0.25, -0.2) is 19.6 Å². The number of nitrogens with zero attached hydrogens (tertiary/aromatic N) is 4. The third-order valence-corrected chi connectivity index (χ3v) is 14.1. The van der Waals surface area contributed by atoms with Crippen molar-refractivity contribution in [3.8, 4) is 11.3 Å². The van der Waals surface area contributed by atoms with Crippen molar-refractivity contribution in [3.05, 3.63) is 59.6 Å². The quantitative estimate of drug-likeness (QED) is 0.171. The zero-order valence-electron chi connectivity index (χ0n) is 34.1. The van der Waals surface area contributed by atoms with Gasteiger partial charge in [-0.2, -0.15) is 0 Å². The first kappa shape index (κ1) is 39.0. The highest BCUT2D eigenvalue weighted by Gasteiger charge is 2.72. The van der Waals surface area contributed by atoms with Gasteiger partial charge in [-0.3, -0.25) is 9.59 Å². The minimum atomic E-state index is -0.655. The van der Waals surface area contributed by atoms with Crippen LogP contribution in [0.1, 0.15) is 126 Å². The zero-order valence-corrected chi connectivity index (χ0v) is 34.1. The van der Waals surface area contributed by atoms with Gasteiger partial charge in [0.2, 0.25) is 11.8 Å². The predicted octanol–water partition coefficient (Wildman–Crippen LogP) is 6.50. The molecule has 306 valence electrons. The van der Waals surface area contributed by atoms with E-state index in [1.54, 1.807) is 0 Å². The van der Waals surface area contributed by atoms with E-state index in [9.17, 15) is 19.2 Å². The summed E-state index contributed by atoms with van der Waals surface area (Å²) in [5.41, 5.74) is 3.48. The average molecular weight is 783 g/mol. The van der Waals surface area contributed by atoms with Crippen molar-refractivity contribution in [1.29, 1.82) is 0 Å². The fourth-order valence-electron chi connectivity index (χ4n) is 10.5. The number of alkyl carbamates (subject to hydrolysis) is 2. The smallest absolute Gasteiger partial charge is 0.407 e. The lowest BCUT2D eigenvalue weighted by Crippen LogP contribution is -2.51. The van der Waals surface area contributed by atoms with Gasteiger partial charge >= 0.3 is 12.2 Å². The highest BCUT2D eigenvalue weighted by atomic mass is 16.5. The second kappa shape index (κ2) is 15.1. The van der Waals surface area contributed by atoms with Gasteiger partial charge in [-0.05, 0) is 92.6 Å². The number of methoxy groups -OCH3 is 2. The Morgan fingerprint density at radius 2 is 1.56 bits per heavy atom. The number of likely N-dealkylation sites (tertiary alicyclic amines) is 2. The molecule has 2 saturated heterocycles. The number of piperidine rings is 1. The Labute approximate surface area is 334 Å². The summed E-state index contributed by atoms with van der Waals surface area (Å²) < 4.78 is 9.61. The van der Waals surface area contributed by atoms with E-state index < -0.39 is 29.2 Å². The monoisotopic (exact) mass is 782 g/mol. The number of imidazole rings is 2. The number of aromatic nitrogens is 4. The lowest BCUT2D eigenvalue weighted by molar-refractivity contribution is -0.141.